The summed E-state index contributed by atoms with van der Waals surface area (Å²) in [5.74, 6) is 0.446. The molecular weight excluding hydrogens is 222 g/mol. The Morgan fingerprint density at radius 1 is 0.944 bits per heavy atom. The van der Waals surface area contributed by atoms with E-state index in [9.17, 15) is 0 Å². The highest BCUT2D eigenvalue weighted by Gasteiger charge is 2.03. The molecule has 0 saturated carbocycles. The van der Waals surface area contributed by atoms with E-state index in [0.29, 0.717) is 12.5 Å². The largest absolute Gasteiger partial charge is 0.297 e. The molecule has 0 radical (unpaired) electrons. The molecule has 0 aliphatic heterocycles. The molecule has 2 rings (SSSR count). The Labute approximate surface area is 109 Å². The minimum atomic E-state index is 0.446. The average Bonchev–Trinajstić information content (AvgIpc) is 2.45. The highest BCUT2D eigenvalue weighted by Crippen LogP contribution is 2.13. The van der Waals surface area contributed by atoms with Crippen LogP contribution >= 0.6 is 0 Å². The summed E-state index contributed by atoms with van der Waals surface area (Å²) in [5, 5.41) is 0. The van der Waals surface area contributed by atoms with Crippen molar-refractivity contribution in [2.75, 3.05) is 6.54 Å². The smallest absolute Gasteiger partial charge is 0.0933 e. The normalized spacial score (nSPS) is 12.3. The van der Waals surface area contributed by atoms with Crippen molar-refractivity contribution in [2.24, 2.45) is 0 Å². The number of hydroxylamine groups is 1. The van der Waals surface area contributed by atoms with E-state index in [-0.39, 0.29) is 0 Å². The molecule has 2 aromatic carbocycles. The highest BCUT2D eigenvalue weighted by atomic mass is 16.6. The second kappa shape index (κ2) is 6.94. The van der Waals surface area contributed by atoms with Gasteiger partial charge in [-0.3, -0.25) is 4.84 Å². The molecule has 18 heavy (non-hydrogen) atoms. The van der Waals surface area contributed by atoms with Gasteiger partial charge in [-0.2, -0.15) is 0 Å². The first-order valence-corrected chi connectivity index (χ1v) is 6.30. The van der Waals surface area contributed by atoms with Crippen molar-refractivity contribution >= 4 is 0 Å². The van der Waals surface area contributed by atoms with Gasteiger partial charge >= 0.3 is 0 Å². The minimum Gasteiger partial charge on any atom is -0.297 e. The average molecular weight is 241 g/mol. The Bertz CT molecular complexity index is 441. The van der Waals surface area contributed by atoms with E-state index >= 15 is 0 Å². The molecule has 94 valence electrons. The van der Waals surface area contributed by atoms with Gasteiger partial charge in [0.05, 0.1) is 6.61 Å². The number of benzene rings is 2. The summed E-state index contributed by atoms with van der Waals surface area (Å²) < 4.78 is 0. The van der Waals surface area contributed by atoms with E-state index in [1.807, 2.05) is 24.3 Å². The summed E-state index contributed by atoms with van der Waals surface area (Å²) in [6.07, 6.45) is 0. The van der Waals surface area contributed by atoms with Crippen LogP contribution in [0.2, 0.25) is 0 Å². The first kappa shape index (κ1) is 12.8. The zero-order valence-electron chi connectivity index (χ0n) is 10.7. The summed E-state index contributed by atoms with van der Waals surface area (Å²) in [6, 6.07) is 20.6. The van der Waals surface area contributed by atoms with Crippen LogP contribution in [-0.4, -0.2) is 6.54 Å². The van der Waals surface area contributed by atoms with Gasteiger partial charge in [0.2, 0.25) is 0 Å². The third kappa shape index (κ3) is 3.99. The maximum atomic E-state index is 5.46. The van der Waals surface area contributed by atoms with Gasteiger partial charge in [-0.25, -0.2) is 5.48 Å². The van der Waals surface area contributed by atoms with Crippen LogP contribution in [0.15, 0.2) is 60.7 Å². The predicted octanol–water partition coefficient (Wildman–Crippen LogP) is 3.51. The Kier molecular flexibility index (Phi) is 4.94. The molecule has 0 amide bonds. The molecule has 1 atom stereocenters. The molecule has 2 aromatic rings. The van der Waals surface area contributed by atoms with Crippen LogP contribution in [0.1, 0.15) is 24.0 Å². The van der Waals surface area contributed by atoms with Gasteiger partial charge < -0.3 is 0 Å². The fourth-order valence-corrected chi connectivity index (χ4v) is 1.79. The van der Waals surface area contributed by atoms with Crippen LogP contribution in [0, 0.1) is 0 Å². The van der Waals surface area contributed by atoms with Gasteiger partial charge in [0, 0.05) is 6.54 Å². The van der Waals surface area contributed by atoms with Crippen LogP contribution in [0.4, 0.5) is 0 Å². The van der Waals surface area contributed by atoms with Gasteiger partial charge in [-0.1, -0.05) is 67.6 Å². The van der Waals surface area contributed by atoms with Gasteiger partial charge in [0.1, 0.15) is 0 Å². The van der Waals surface area contributed by atoms with Crippen molar-refractivity contribution in [3.05, 3.63) is 71.8 Å². The van der Waals surface area contributed by atoms with Crippen LogP contribution in [0.3, 0.4) is 0 Å². The fourth-order valence-electron chi connectivity index (χ4n) is 1.79. The molecule has 0 aromatic heterocycles. The molecule has 0 saturated heterocycles. The van der Waals surface area contributed by atoms with Crippen molar-refractivity contribution in [1.82, 2.24) is 5.48 Å². The number of hydrogen-bond donors (Lipinski definition) is 1. The maximum absolute atomic E-state index is 5.46. The van der Waals surface area contributed by atoms with E-state index < -0.39 is 0 Å². The van der Waals surface area contributed by atoms with Crippen molar-refractivity contribution in [3.63, 3.8) is 0 Å². The monoisotopic (exact) mass is 241 g/mol. The zero-order chi connectivity index (χ0) is 12.6. The lowest BCUT2D eigenvalue weighted by atomic mass is 10.0. The van der Waals surface area contributed by atoms with E-state index in [1.165, 1.54) is 11.1 Å². The molecule has 0 fully saturated rings. The molecule has 0 aliphatic carbocycles. The van der Waals surface area contributed by atoms with Gasteiger partial charge in [0.15, 0.2) is 0 Å². The van der Waals surface area contributed by atoms with Crippen LogP contribution in [-0.2, 0) is 11.4 Å². The third-order valence-corrected chi connectivity index (χ3v) is 2.94. The van der Waals surface area contributed by atoms with Gasteiger partial charge in [0.25, 0.3) is 0 Å². The topological polar surface area (TPSA) is 21.3 Å². The van der Waals surface area contributed by atoms with E-state index in [2.05, 4.69) is 48.8 Å². The number of hydrogen-bond acceptors (Lipinski definition) is 2. The molecule has 1 unspecified atom stereocenters. The first-order chi connectivity index (χ1) is 8.86. The lowest BCUT2D eigenvalue weighted by Gasteiger charge is -2.13. The molecular formula is C16H19NO. The van der Waals surface area contributed by atoms with Crippen LogP contribution < -0.4 is 5.48 Å². The number of rotatable bonds is 6. The Balaban J connectivity index is 1.70. The second-order valence-electron chi connectivity index (χ2n) is 4.43. The zero-order valence-corrected chi connectivity index (χ0v) is 10.7. The molecule has 1 N–H and O–H groups in total. The summed E-state index contributed by atoms with van der Waals surface area (Å²) in [5.41, 5.74) is 5.54. The quantitative estimate of drug-likeness (QED) is 0.617. The van der Waals surface area contributed by atoms with E-state index in [0.717, 1.165) is 6.54 Å². The SMILES string of the molecule is CC(CNOCc1ccccc1)c1ccccc1. The summed E-state index contributed by atoms with van der Waals surface area (Å²) in [7, 11) is 0. The number of nitrogens with one attached hydrogen (secondary N) is 1. The molecule has 2 heteroatoms. The lowest BCUT2D eigenvalue weighted by Crippen LogP contribution is -2.20. The summed E-state index contributed by atoms with van der Waals surface area (Å²) >= 11 is 0. The third-order valence-electron chi connectivity index (χ3n) is 2.94. The lowest BCUT2D eigenvalue weighted by molar-refractivity contribution is 0.0255. The summed E-state index contributed by atoms with van der Waals surface area (Å²) in [4.78, 5) is 5.46. The maximum Gasteiger partial charge on any atom is 0.0933 e. The second-order valence-corrected chi connectivity index (χ2v) is 4.43. The fraction of sp³-hybridized carbons (Fsp3) is 0.250. The minimum absolute atomic E-state index is 0.446. The van der Waals surface area contributed by atoms with Crippen molar-refractivity contribution < 1.29 is 4.84 Å². The molecule has 0 bridgehead atoms. The van der Waals surface area contributed by atoms with Crippen molar-refractivity contribution in [1.29, 1.82) is 0 Å². The Morgan fingerprint density at radius 3 is 2.22 bits per heavy atom. The van der Waals surface area contributed by atoms with E-state index in [1.54, 1.807) is 0 Å². The standard InChI is InChI=1S/C16H19NO/c1-14(16-10-6-3-7-11-16)12-17-18-13-15-8-4-2-5-9-15/h2-11,14,17H,12-13H2,1H3. The highest BCUT2D eigenvalue weighted by molar-refractivity contribution is 5.18. The molecule has 2 nitrogen and oxygen atoms in total. The van der Waals surface area contributed by atoms with Crippen LogP contribution in [0.25, 0.3) is 0 Å². The van der Waals surface area contributed by atoms with Crippen molar-refractivity contribution in [2.45, 2.75) is 19.4 Å². The Hall–Kier alpha value is -1.64. The van der Waals surface area contributed by atoms with E-state index in [4.69, 9.17) is 4.84 Å². The van der Waals surface area contributed by atoms with Crippen LogP contribution in [0.5, 0.6) is 0 Å². The van der Waals surface area contributed by atoms with Gasteiger partial charge in [-0.15, -0.1) is 0 Å². The van der Waals surface area contributed by atoms with Crippen molar-refractivity contribution in [3.8, 4) is 0 Å². The molecule has 0 spiro atoms. The Morgan fingerprint density at radius 2 is 1.56 bits per heavy atom. The summed E-state index contributed by atoms with van der Waals surface area (Å²) in [6.45, 7) is 3.60. The molecule has 0 heterocycles. The van der Waals surface area contributed by atoms with Gasteiger partial charge in [-0.05, 0) is 17.0 Å². The molecule has 0 aliphatic rings. The predicted molar refractivity (Wildman–Crippen MR) is 74.1 cm³/mol. The first-order valence-electron chi connectivity index (χ1n) is 6.30.